The second-order valence-corrected chi connectivity index (χ2v) is 6.33. The molecule has 0 heterocycles. The molecule has 0 saturated heterocycles. The van der Waals surface area contributed by atoms with Crippen LogP contribution in [-0.4, -0.2) is 22.2 Å². The van der Waals surface area contributed by atoms with Crippen LogP contribution in [-0.2, 0) is 9.59 Å². The van der Waals surface area contributed by atoms with Gasteiger partial charge in [-0.1, -0.05) is 13.3 Å². The number of carbonyl (C=O) groups is 2. The van der Waals surface area contributed by atoms with Crippen molar-refractivity contribution in [1.29, 1.82) is 0 Å². The molecule has 0 aliphatic heterocycles. The summed E-state index contributed by atoms with van der Waals surface area (Å²) in [6.45, 7) is 2.09. The number of hydrogen-bond donors (Lipinski definition) is 2. The maximum atomic E-state index is 11.4. The Morgan fingerprint density at radius 2 is 1.74 bits per heavy atom. The predicted octanol–water partition coefficient (Wildman–Crippen LogP) is 3.01. The molecular formula is C15H24O4. The van der Waals surface area contributed by atoms with Gasteiger partial charge in [-0.25, -0.2) is 0 Å². The van der Waals surface area contributed by atoms with Crippen molar-refractivity contribution in [1.82, 2.24) is 0 Å². The monoisotopic (exact) mass is 268 g/mol. The highest BCUT2D eigenvalue weighted by Gasteiger charge is 2.43. The minimum absolute atomic E-state index is 0.204. The Morgan fingerprint density at radius 1 is 1.00 bits per heavy atom. The first-order valence-electron chi connectivity index (χ1n) is 7.48. The van der Waals surface area contributed by atoms with Crippen LogP contribution in [0.15, 0.2) is 0 Å². The third-order valence-electron chi connectivity index (χ3n) is 5.20. The Balaban J connectivity index is 2.05. The van der Waals surface area contributed by atoms with Gasteiger partial charge in [-0.05, 0) is 56.3 Å². The first kappa shape index (κ1) is 14.4. The van der Waals surface area contributed by atoms with Crippen molar-refractivity contribution in [2.75, 3.05) is 0 Å². The standard InChI is InChI=1S/C15H24O4/c1-2-3-10-6-12-7-11(14(16)17)5-4-9(12)8-13(10)15(18)19/h9-13H,2-8H2,1H3,(H,16,17)(H,18,19). The number of fused-ring (bicyclic) bond motifs is 1. The van der Waals surface area contributed by atoms with Gasteiger partial charge in [0, 0.05) is 0 Å². The molecule has 0 bridgehead atoms. The van der Waals surface area contributed by atoms with Crippen molar-refractivity contribution in [3.05, 3.63) is 0 Å². The van der Waals surface area contributed by atoms with E-state index in [2.05, 4.69) is 6.92 Å². The average molecular weight is 268 g/mol. The summed E-state index contributed by atoms with van der Waals surface area (Å²) in [5.41, 5.74) is 0. The maximum absolute atomic E-state index is 11.4. The molecule has 0 aromatic carbocycles. The van der Waals surface area contributed by atoms with E-state index in [4.69, 9.17) is 5.11 Å². The van der Waals surface area contributed by atoms with Gasteiger partial charge in [0.15, 0.2) is 0 Å². The number of carboxylic acid groups (broad SMARTS) is 2. The Morgan fingerprint density at radius 3 is 2.32 bits per heavy atom. The van der Waals surface area contributed by atoms with Crippen LogP contribution in [0.5, 0.6) is 0 Å². The minimum atomic E-state index is -0.675. The van der Waals surface area contributed by atoms with Gasteiger partial charge in [-0.3, -0.25) is 9.59 Å². The molecule has 108 valence electrons. The van der Waals surface area contributed by atoms with E-state index in [9.17, 15) is 14.7 Å². The summed E-state index contributed by atoms with van der Waals surface area (Å²) in [6, 6.07) is 0. The van der Waals surface area contributed by atoms with Crippen LogP contribution in [0.2, 0.25) is 0 Å². The normalized spacial score (nSPS) is 38.5. The van der Waals surface area contributed by atoms with E-state index in [1.165, 1.54) is 0 Å². The van der Waals surface area contributed by atoms with E-state index in [1.54, 1.807) is 0 Å². The molecule has 4 nitrogen and oxygen atoms in total. The number of carboxylic acids is 2. The highest BCUT2D eigenvalue weighted by atomic mass is 16.4. The molecule has 19 heavy (non-hydrogen) atoms. The first-order chi connectivity index (χ1) is 9.02. The molecule has 0 aromatic heterocycles. The van der Waals surface area contributed by atoms with E-state index in [0.717, 1.165) is 44.9 Å². The van der Waals surface area contributed by atoms with Crippen LogP contribution < -0.4 is 0 Å². The van der Waals surface area contributed by atoms with Crippen molar-refractivity contribution < 1.29 is 19.8 Å². The number of aliphatic carboxylic acids is 2. The van der Waals surface area contributed by atoms with Crippen molar-refractivity contribution in [3.63, 3.8) is 0 Å². The van der Waals surface area contributed by atoms with Gasteiger partial charge in [-0.15, -0.1) is 0 Å². The summed E-state index contributed by atoms with van der Waals surface area (Å²) in [6.07, 6.45) is 6.01. The number of hydrogen-bond acceptors (Lipinski definition) is 2. The molecular weight excluding hydrogens is 244 g/mol. The predicted molar refractivity (Wildman–Crippen MR) is 70.7 cm³/mol. The smallest absolute Gasteiger partial charge is 0.306 e. The molecule has 2 aliphatic rings. The fraction of sp³-hybridized carbons (Fsp3) is 0.867. The zero-order valence-electron chi connectivity index (χ0n) is 11.5. The lowest BCUT2D eigenvalue weighted by atomic mass is 9.60. The van der Waals surface area contributed by atoms with Crippen molar-refractivity contribution in [2.45, 2.75) is 51.9 Å². The van der Waals surface area contributed by atoms with Gasteiger partial charge in [0.1, 0.15) is 0 Å². The summed E-state index contributed by atoms with van der Waals surface area (Å²) in [5, 5.41) is 18.5. The van der Waals surface area contributed by atoms with Gasteiger partial charge >= 0.3 is 11.9 Å². The summed E-state index contributed by atoms with van der Waals surface area (Å²) in [5.74, 6) is -0.626. The molecule has 0 radical (unpaired) electrons. The van der Waals surface area contributed by atoms with Gasteiger partial charge in [0.2, 0.25) is 0 Å². The molecule has 0 spiro atoms. The molecule has 2 rings (SSSR count). The van der Waals surface area contributed by atoms with Crippen LogP contribution in [0.3, 0.4) is 0 Å². The summed E-state index contributed by atoms with van der Waals surface area (Å²) < 4.78 is 0. The fourth-order valence-electron chi connectivity index (χ4n) is 4.21. The summed E-state index contributed by atoms with van der Waals surface area (Å²) in [7, 11) is 0. The zero-order valence-corrected chi connectivity index (χ0v) is 11.5. The Labute approximate surface area is 114 Å². The molecule has 0 amide bonds. The van der Waals surface area contributed by atoms with Gasteiger partial charge in [0.05, 0.1) is 11.8 Å². The van der Waals surface area contributed by atoms with E-state index < -0.39 is 11.9 Å². The SMILES string of the molecule is CCCC1CC2CC(C(=O)O)CCC2CC1C(=O)O. The third-order valence-corrected chi connectivity index (χ3v) is 5.20. The molecule has 2 fully saturated rings. The molecule has 2 saturated carbocycles. The highest BCUT2D eigenvalue weighted by molar-refractivity contribution is 5.71. The Kier molecular flexibility index (Phi) is 4.48. The molecule has 5 atom stereocenters. The lowest BCUT2D eigenvalue weighted by molar-refractivity contribution is -0.150. The Bertz CT molecular complexity index is 352. The quantitative estimate of drug-likeness (QED) is 0.822. The summed E-state index contributed by atoms with van der Waals surface area (Å²) in [4.78, 5) is 22.5. The second kappa shape index (κ2) is 5.93. The lowest BCUT2D eigenvalue weighted by Crippen LogP contribution is -2.40. The van der Waals surface area contributed by atoms with Crippen molar-refractivity contribution >= 4 is 11.9 Å². The largest absolute Gasteiger partial charge is 0.481 e. The second-order valence-electron chi connectivity index (χ2n) is 6.33. The third kappa shape index (κ3) is 3.10. The topological polar surface area (TPSA) is 74.6 Å². The van der Waals surface area contributed by atoms with Gasteiger partial charge < -0.3 is 10.2 Å². The van der Waals surface area contributed by atoms with Gasteiger partial charge in [-0.2, -0.15) is 0 Å². The molecule has 5 unspecified atom stereocenters. The average Bonchev–Trinajstić information content (AvgIpc) is 2.37. The van der Waals surface area contributed by atoms with Gasteiger partial charge in [0.25, 0.3) is 0 Å². The highest BCUT2D eigenvalue weighted by Crippen LogP contribution is 2.48. The lowest BCUT2D eigenvalue weighted by Gasteiger charge is -2.44. The van der Waals surface area contributed by atoms with Crippen LogP contribution in [0.25, 0.3) is 0 Å². The van der Waals surface area contributed by atoms with E-state index in [0.29, 0.717) is 11.8 Å². The van der Waals surface area contributed by atoms with E-state index >= 15 is 0 Å². The summed E-state index contributed by atoms with van der Waals surface area (Å²) >= 11 is 0. The van der Waals surface area contributed by atoms with Crippen LogP contribution in [0.1, 0.15) is 51.9 Å². The molecule has 4 heteroatoms. The van der Waals surface area contributed by atoms with Crippen molar-refractivity contribution in [2.24, 2.45) is 29.6 Å². The fourth-order valence-corrected chi connectivity index (χ4v) is 4.21. The van der Waals surface area contributed by atoms with Crippen LogP contribution in [0.4, 0.5) is 0 Å². The first-order valence-corrected chi connectivity index (χ1v) is 7.48. The van der Waals surface area contributed by atoms with Crippen LogP contribution >= 0.6 is 0 Å². The molecule has 2 aliphatic carbocycles. The molecule has 0 aromatic rings. The molecule has 2 N–H and O–H groups in total. The van der Waals surface area contributed by atoms with Crippen molar-refractivity contribution in [3.8, 4) is 0 Å². The Hall–Kier alpha value is -1.06. The van der Waals surface area contributed by atoms with E-state index in [-0.39, 0.29) is 17.8 Å². The van der Waals surface area contributed by atoms with E-state index in [1.807, 2.05) is 0 Å². The number of rotatable bonds is 4. The zero-order chi connectivity index (χ0) is 14.0. The minimum Gasteiger partial charge on any atom is -0.481 e. The maximum Gasteiger partial charge on any atom is 0.306 e. The van der Waals surface area contributed by atoms with Crippen LogP contribution in [0, 0.1) is 29.6 Å².